The number of pyridine rings is 1. The van der Waals surface area contributed by atoms with Crippen molar-refractivity contribution in [2.75, 3.05) is 6.54 Å². The van der Waals surface area contributed by atoms with E-state index in [0.29, 0.717) is 0 Å². The van der Waals surface area contributed by atoms with Gasteiger partial charge in [0.1, 0.15) is 0 Å². The molecule has 7 heteroatoms. The monoisotopic (exact) mass is 299 g/mol. The second kappa shape index (κ2) is 5.05. The summed E-state index contributed by atoms with van der Waals surface area (Å²) in [6.07, 6.45) is 6.12. The molecule has 1 unspecified atom stereocenters. The van der Waals surface area contributed by atoms with E-state index < -0.39 is 20.9 Å². The molecule has 1 spiro atoms. The first-order valence-corrected chi connectivity index (χ1v) is 8.37. The summed E-state index contributed by atoms with van der Waals surface area (Å²) >= 11 is 0. The average molecular weight is 299 g/mol. The molecule has 2 fully saturated rings. The number of hydrogen-bond acceptors (Lipinski definition) is 4. The van der Waals surface area contributed by atoms with E-state index in [4.69, 9.17) is 0 Å². The molecule has 1 aromatic heterocycles. The van der Waals surface area contributed by atoms with Crippen LogP contribution >= 0.6 is 0 Å². The maximum atomic E-state index is 13.6. The standard InChI is InChI=1S/C13H18FN3O2S/c14-11-3-1-7-15-12(11)20(18,19)17-10-4-8-16-13(9-10)5-2-6-13/h1,3,7,10,16-17H,2,4-6,8-9H2. The highest BCUT2D eigenvalue weighted by molar-refractivity contribution is 7.89. The Morgan fingerprint density at radius 2 is 2.25 bits per heavy atom. The molecule has 2 heterocycles. The van der Waals surface area contributed by atoms with Crippen molar-refractivity contribution in [1.29, 1.82) is 0 Å². The maximum absolute atomic E-state index is 13.6. The SMILES string of the molecule is O=S(=O)(NC1CCNC2(CCC2)C1)c1ncccc1F. The zero-order valence-corrected chi connectivity index (χ0v) is 11.9. The molecule has 0 bridgehead atoms. The maximum Gasteiger partial charge on any atom is 0.261 e. The summed E-state index contributed by atoms with van der Waals surface area (Å²) in [5.41, 5.74) is 0.0914. The van der Waals surface area contributed by atoms with Gasteiger partial charge < -0.3 is 5.32 Å². The zero-order valence-electron chi connectivity index (χ0n) is 11.1. The topological polar surface area (TPSA) is 71.1 Å². The summed E-state index contributed by atoms with van der Waals surface area (Å²) in [7, 11) is -3.89. The van der Waals surface area contributed by atoms with Gasteiger partial charge in [0, 0.05) is 17.8 Å². The third-order valence-corrected chi connectivity index (χ3v) is 5.69. The lowest BCUT2D eigenvalue weighted by Crippen LogP contribution is -2.59. The first-order valence-electron chi connectivity index (χ1n) is 6.89. The first kappa shape index (κ1) is 13.9. The molecule has 2 aliphatic rings. The molecule has 1 aliphatic heterocycles. The fourth-order valence-corrected chi connectivity index (χ4v) is 4.36. The van der Waals surface area contributed by atoms with E-state index in [1.807, 2.05) is 0 Å². The van der Waals surface area contributed by atoms with Crippen LogP contribution in [0.25, 0.3) is 0 Å². The molecule has 5 nitrogen and oxygen atoms in total. The third kappa shape index (κ3) is 2.57. The fourth-order valence-electron chi connectivity index (χ4n) is 3.09. The number of sulfonamides is 1. The van der Waals surface area contributed by atoms with Crippen molar-refractivity contribution in [3.8, 4) is 0 Å². The van der Waals surface area contributed by atoms with Gasteiger partial charge in [-0.2, -0.15) is 0 Å². The van der Waals surface area contributed by atoms with Gasteiger partial charge in [-0.1, -0.05) is 0 Å². The molecule has 110 valence electrons. The van der Waals surface area contributed by atoms with Crippen molar-refractivity contribution in [3.05, 3.63) is 24.1 Å². The van der Waals surface area contributed by atoms with Crippen molar-refractivity contribution in [3.63, 3.8) is 0 Å². The van der Waals surface area contributed by atoms with Crippen LogP contribution in [-0.4, -0.2) is 31.5 Å². The number of hydrogen-bond donors (Lipinski definition) is 2. The first-order chi connectivity index (χ1) is 9.51. The van der Waals surface area contributed by atoms with Crippen molar-refractivity contribution in [2.45, 2.75) is 48.7 Å². The summed E-state index contributed by atoms with van der Waals surface area (Å²) in [5, 5.41) is 2.96. The predicted molar refractivity (Wildman–Crippen MR) is 72.1 cm³/mol. The Kier molecular flexibility index (Phi) is 3.51. The van der Waals surface area contributed by atoms with E-state index in [1.165, 1.54) is 18.7 Å². The minimum Gasteiger partial charge on any atom is -0.311 e. The molecule has 2 N–H and O–H groups in total. The predicted octanol–water partition coefficient (Wildman–Crippen LogP) is 1.17. The normalized spacial score (nSPS) is 25.4. The van der Waals surface area contributed by atoms with Crippen LogP contribution < -0.4 is 10.0 Å². The molecule has 0 radical (unpaired) electrons. The number of nitrogens with zero attached hydrogens (tertiary/aromatic N) is 1. The molecule has 1 atom stereocenters. The molecule has 0 amide bonds. The molecule has 1 saturated carbocycles. The highest BCUT2D eigenvalue weighted by atomic mass is 32.2. The van der Waals surface area contributed by atoms with Crippen LogP contribution in [0.4, 0.5) is 4.39 Å². The highest BCUT2D eigenvalue weighted by Crippen LogP contribution is 2.38. The van der Waals surface area contributed by atoms with Gasteiger partial charge >= 0.3 is 0 Å². The van der Waals surface area contributed by atoms with E-state index in [9.17, 15) is 12.8 Å². The summed E-state index contributed by atoms with van der Waals surface area (Å²) < 4.78 is 40.6. The van der Waals surface area contributed by atoms with Gasteiger partial charge in [-0.25, -0.2) is 22.5 Å². The molecule has 1 saturated heterocycles. The quantitative estimate of drug-likeness (QED) is 0.879. The van der Waals surface area contributed by atoms with Gasteiger partial charge in [-0.05, 0) is 50.8 Å². The second-order valence-corrected chi connectivity index (χ2v) is 7.29. The van der Waals surface area contributed by atoms with Gasteiger partial charge in [0.05, 0.1) is 0 Å². The number of rotatable bonds is 3. The Balaban J connectivity index is 1.75. The lowest BCUT2D eigenvalue weighted by molar-refractivity contribution is 0.126. The van der Waals surface area contributed by atoms with E-state index in [2.05, 4.69) is 15.0 Å². The molecule has 1 aromatic rings. The van der Waals surface area contributed by atoms with Crippen LogP contribution in [0, 0.1) is 5.82 Å². The fraction of sp³-hybridized carbons (Fsp3) is 0.615. The largest absolute Gasteiger partial charge is 0.311 e. The third-order valence-electron chi connectivity index (χ3n) is 4.24. The number of halogens is 1. The van der Waals surface area contributed by atoms with Crippen molar-refractivity contribution >= 4 is 10.0 Å². The number of piperidine rings is 1. The van der Waals surface area contributed by atoms with Crippen LogP contribution in [0.1, 0.15) is 32.1 Å². The molecule has 1 aliphatic carbocycles. The van der Waals surface area contributed by atoms with E-state index >= 15 is 0 Å². The Morgan fingerprint density at radius 3 is 2.90 bits per heavy atom. The lowest BCUT2D eigenvalue weighted by Gasteiger charge is -2.48. The summed E-state index contributed by atoms with van der Waals surface area (Å²) in [6.45, 7) is 0.790. The summed E-state index contributed by atoms with van der Waals surface area (Å²) in [6, 6.07) is 2.34. The minimum atomic E-state index is -3.89. The Morgan fingerprint density at radius 1 is 1.45 bits per heavy atom. The minimum absolute atomic E-state index is 0.0914. The van der Waals surface area contributed by atoms with Gasteiger partial charge in [0.2, 0.25) is 5.03 Å². The molecule has 20 heavy (non-hydrogen) atoms. The highest BCUT2D eigenvalue weighted by Gasteiger charge is 2.42. The Bertz CT molecular complexity index is 601. The van der Waals surface area contributed by atoms with E-state index in [-0.39, 0.29) is 11.6 Å². The molecular weight excluding hydrogens is 281 g/mol. The zero-order chi connectivity index (χ0) is 14.2. The summed E-state index contributed by atoms with van der Waals surface area (Å²) in [4.78, 5) is 3.64. The van der Waals surface area contributed by atoms with Gasteiger partial charge in [-0.15, -0.1) is 0 Å². The van der Waals surface area contributed by atoms with Crippen LogP contribution in [-0.2, 0) is 10.0 Å². The number of nitrogens with one attached hydrogen (secondary N) is 2. The number of aromatic nitrogens is 1. The van der Waals surface area contributed by atoms with Gasteiger partial charge in [-0.3, -0.25) is 0 Å². The van der Waals surface area contributed by atoms with Crippen molar-refractivity contribution in [1.82, 2.24) is 15.0 Å². The van der Waals surface area contributed by atoms with Crippen LogP contribution in [0.3, 0.4) is 0 Å². The van der Waals surface area contributed by atoms with Crippen LogP contribution in [0.5, 0.6) is 0 Å². The van der Waals surface area contributed by atoms with E-state index in [0.717, 1.165) is 38.3 Å². The van der Waals surface area contributed by atoms with Gasteiger partial charge in [0.15, 0.2) is 5.82 Å². The average Bonchev–Trinajstić information content (AvgIpc) is 2.37. The smallest absolute Gasteiger partial charge is 0.261 e. The van der Waals surface area contributed by atoms with Gasteiger partial charge in [0.25, 0.3) is 10.0 Å². The van der Waals surface area contributed by atoms with Crippen LogP contribution in [0.2, 0.25) is 0 Å². The van der Waals surface area contributed by atoms with E-state index in [1.54, 1.807) is 0 Å². The molecule has 0 aromatic carbocycles. The second-order valence-electron chi connectivity index (χ2n) is 5.66. The molecular formula is C13H18FN3O2S. The van der Waals surface area contributed by atoms with Crippen LogP contribution in [0.15, 0.2) is 23.4 Å². The molecule has 3 rings (SSSR count). The Labute approximate surface area is 118 Å². The lowest BCUT2D eigenvalue weighted by atomic mass is 9.70. The summed E-state index contributed by atoms with van der Waals surface area (Å²) in [5.74, 6) is -0.813. The van der Waals surface area contributed by atoms with Crippen molar-refractivity contribution < 1.29 is 12.8 Å². The van der Waals surface area contributed by atoms with Crippen molar-refractivity contribution in [2.24, 2.45) is 0 Å². The Hall–Kier alpha value is -1.05.